The molecule has 0 aliphatic carbocycles. The number of nitrogens with zero attached hydrogens (tertiary/aromatic N) is 1. The minimum atomic E-state index is -1.21. The number of nitrogens with one attached hydrogen (secondary N) is 1. The van der Waals surface area contributed by atoms with Gasteiger partial charge in [0.05, 0.1) is 19.8 Å². The van der Waals surface area contributed by atoms with Crippen LogP contribution in [0.5, 0.6) is 17.2 Å². The summed E-state index contributed by atoms with van der Waals surface area (Å²) in [6.07, 6.45) is 0.777. The molecule has 1 saturated heterocycles. The Balaban J connectivity index is 1.46. The summed E-state index contributed by atoms with van der Waals surface area (Å²) in [7, 11) is 0. The average Bonchev–Trinajstić information content (AvgIpc) is 2.87. The summed E-state index contributed by atoms with van der Waals surface area (Å²) in [4.78, 5) is 26.6. The minimum absolute atomic E-state index is 0.0716. The van der Waals surface area contributed by atoms with Crippen LogP contribution in [0.3, 0.4) is 0 Å². The molecule has 1 fully saturated rings. The largest absolute Gasteiger partial charge is 0.492 e. The van der Waals surface area contributed by atoms with E-state index in [2.05, 4.69) is 5.32 Å². The number of halogens is 1. The lowest BCUT2D eigenvalue weighted by Gasteiger charge is -2.23. The number of urea groups is 1. The molecule has 0 bridgehead atoms. The molecule has 0 radical (unpaired) electrons. The van der Waals surface area contributed by atoms with Crippen molar-refractivity contribution in [3.63, 3.8) is 0 Å². The van der Waals surface area contributed by atoms with E-state index in [0.29, 0.717) is 36.0 Å². The van der Waals surface area contributed by atoms with Gasteiger partial charge in [0.2, 0.25) is 0 Å². The summed E-state index contributed by atoms with van der Waals surface area (Å²) in [5, 5.41) is 2.76. The number of rotatable bonds is 5. The van der Waals surface area contributed by atoms with E-state index in [1.165, 1.54) is 24.3 Å². The lowest BCUT2D eigenvalue weighted by molar-refractivity contribution is -0.131. The van der Waals surface area contributed by atoms with Crippen LogP contribution >= 0.6 is 0 Å². The molecule has 2 aliphatic heterocycles. The first-order chi connectivity index (χ1) is 14.0. The Bertz CT molecular complexity index is 933. The van der Waals surface area contributed by atoms with E-state index < -0.39 is 11.6 Å². The van der Waals surface area contributed by atoms with E-state index in [1.54, 1.807) is 25.1 Å². The topological polar surface area (TPSA) is 77.1 Å². The number of ether oxygens (including phenoxy) is 3. The number of fused-ring (bicyclic) bond motifs is 1. The third kappa shape index (κ3) is 3.70. The average molecular weight is 400 g/mol. The molecule has 8 heteroatoms. The molecule has 152 valence electrons. The predicted octanol–water partition coefficient (Wildman–Crippen LogP) is 2.83. The number of amides is 3. The lowest BCUT2D eigenvalue weighted by atomic mass is 9.91. The van der Waals surface area contributed by atoms with Gasteiger partial charge in [-0.05, 0) is 48.9 Å². The maximum atomic E-state index is 13.0. The summed E-state index contributed by atoms with van der Waals surface area (Å²) < 4.78 is 29.8. The first kappa shape index (κ1) is 19.0. The molecule has 0 spiro atoms. The molecule has 2 aliphatic rings. The Morgan fingerprint density at radius 3 is 2.59 bits per heavy atom. The summed E-state index contributed by atoms with van der Waals surface area (Å²) in [6.45, 7) is 2.93. The summed E-state index contributed by atoms with van der Waals surface area (Å²) in [5.74, 6) is 0.902. The Hall–Kier alpha value is -3.29. The molecular weight excluding hydrogens is 379 g/mol. The van der Waals surface area contributed by atoms with Gasteiger partial charge in [-0.3, -0.25) is 9.69 Å². The van der Waals surface area contributed by atoms with Crippen molar-refractivity contribution in [3.8, 4) is 17.2 Å². The fraction of sp³-hybridized carbons (Fsp3) is 0.333. The van der Waals surface area contributed by atoms with Crippen molar-refractivity contribution in [3.05, 3.63) is 53.8 Å². The smallest absolute Gasteiger partial charge is 0.325 e. The van der Waals surface area contributed by atoms with E-state index in [9.17, 15) is 14.0 Å². The molecule has 1 unspecified atom stereocenters. The highest BCUT2D eigenvalue weighted by Gasteiger charge is 2.49. The van der Waals surface area contributed by atoms with Gasteiger partial charge in [-0.1, -0.05) is 6.07 Å². The standard InChI is InChI=1S/C21H21FN2O5/c1-21(14-3-8-17-18(13-14)29-11-2-10-28-17)19(25)24(20(26)23-21)9-12-27-16-6-4-15(22)5-7-16/h3-8,13H,2,9-12H2,1H3,(H,23,26). The van der Waals surface area contributed by atoms with Crippen LogP contribution in [0, 0.1) is 5.82 Å². The summed E-state index contributed by atoms with van der Waals surface area (Å²) in [6, 6.07) is 10.3. The van der Waals surface area contributed by atoms with Crippen LogP contribution in [0.15, 0.2) is 42.5 Å². The molecule has 2 heterocycles. The highest BCUT2D eigenvalue weighted by atomic mass is 19.1. The maximum Gasteiger partial charge on any atom is 0.325 e. The van der Waals surface area contributed by atoms with Crippen LogP contribution in [-0.2, 0) is 10.3 Å². The Kier molecular flexibility index (Phi) is 5.00. The predicted molar refractivity (Wildman–Crippen MR) is 102 cm³/mol. The highest BCUT2D eigenvalue weighted by molar-refractivity contribution is 6.07. The molecular formula is C21H21FN2O5. The fourth-order valence-corrected chi connectivity index (χ4v) is 3.36. The number of benzene rings is 2. The van der Waals surface area contributed by atoms with Crippen LogP contribution in [0.4, 0.5) is 9.18 Å². The third-order valence-corrected chi connectivity index (χ3v) is 5.00. The van der Waals surface area contributed by atoms with Crippen molar-refractivity contribution in [1.82, 2.24) is 10.2 Å². The molecule has 4 rings (SSSR count). The first-order valence-electron chi connectivity index (χ1n) is 9.40. The third-order valence-electron chi connectivity index (χ3n) is 5.00. The van der Waals surface area contributed by atoms with E-state index >= 15 is 0 Å². The van der Waals surface area contributed by atoms with Crippen LogP contribution in [0.1, 0.15) is 18.9 Å². The number of imide groups is 1. The van der Waals surface area contributed by atoms with Gasteiger partial charge in [0.25, 0.3) is 5.91 Å². The van der Waals surface area contributed by atoms with Crippen LogP contribution < -0.4 is 19.5 Å². The summed E-state index contributed by atoms with van der Waals surface area (Å²) >= 11 is 0. The Labute approximate surface area is 167 Å². The van der Waals surface area contributed by atoms with Crippen molar-refractivity contribution in [2.75, 3.05) is 26.4 Å². The van der Waals surface area contributed by atoms with E-state index in [1.807, 2.05) is 0 Å². The van der Waals surface area contributed by atoms with Crippen LogP contribution in [0.25, 0.3) is 0 Å². The second-order valence-electron chi connectivity index (χ2n) is 7.03. The van der Waals surface area contributed by atoms with Crippen molar-refractivity contribution in [2.24, 2.45) is 0 Å². The second-order valence-corrected chi connectivity index (χ2v) is 7.03. The van der Waals surface area contributed by atoms with Crippen LogP contribution in [0.2, 0.25) is 0 Å². The van der Waals surface area contributed by atoms with Crippen LogP contribution in [-0.4, -0.2) is 43.2 Å². The molecule has 2 aromatic rings. The highest BCUT2D eigenvalue weighted by Crippen LogP contribution is 2.36. The van der Waals surface area contributed by atoms with E-state index in [0.717, 1.165) is 11.3 Å². The molecule has 0 saturated carbocycles. The SMILES string of the molecule is CC1(c2ccc3c(c2)OCCCO3)NC(=O)N(CCOc2ccc(F)cc2)C1=O. The van der Waals surface area contributed by atoms with Gasteiger partial charge in [0.15, 0.2) is 11.5 Å². The van der Waals surface area contributed by atoms with Gasteiger partial charge in [0.1, 0.15) is 23.7 Å². The van der Waals surface area contributed by atoms with Gasteiger partial charge in [-0.2, -0.15) is 0 Å². The molecule has 1 N–H and O–H groups in total. The number of carbonyl (C=O) groups is 2. The lowest BCUT2D eigenvalue weighted by Crippen LogP contribution is -2.41. The molecule has 29 heavy (non-hydrogen) atoms. The first-order valence-corrected chi connectivity index (χ1v) is 9.40. The van der Waals surface area contributed by atoms with E-state index in [4.69, 9.17) is 14.2 Å². The van der Waals surface area contributed by atoms with Gasteiger partial charge in [-0.25, -0.2) is 9.18 Å². The Morgan fingerprint density at radius 2 is 1.83 bits per heavy atom. The zero-order valence-corrected chi connectivity index (χ0v) is 15.9. The van der Waals surface area contributed by atoms with Crippen molar-refractivity contribution in [1.29, 1.82) is 0 Å². The molecule has 0 aromatic heterocycles. The zero-order chi connectivity index (χ0) is 20.4. The number of hydrogen-bond donors (Lipinski definition) is 1. The quantitative estimate of drug-likeness (QED) is 0.781. The van der Waals surface area contributed by atoms with Gasteiger partial charge in [-0.15, -0.1) is 0 Å². The molecule has 7 nitrogen and oxygen atoms in total. The Morgan fingerprint density at radius 1 is 1.10 bits per heavy atom. The molecule has 2 aromatic carbocycles. The zero-order valence-electron chi connectivity index (χ0n) is 15.9. The minimum Gasteiger partial charge on any atom is -0.492 e. The molecule has 3 amide bonds. The van der Waals surface area contributed by atoms with Gasteiger partial charge < -0.3 is 19.5 Å². The fourth-order valence-electron chi connectivity index (χ4n) is 3.36. The van der Waals surface area contributed by atoms with Crippen molar-refractivity contribution >= 4 is 11.9 Å². The van der Waals surface area contributed by atoms with Crippen molar-refractivity contribution in [2.45, 2.75) is 18.9 Å². The maximum absolute atomic E-state index is 13.0. The van der Waals surface area contributed by atoms with Gasteiger partial charge >= 0.3 is 6.03 Å². The van der Waals surface area contributed by atoms with Crippen molar-refractivity contribution < 1.29 is 28.2 Å². The second kappa shape index (κ2) is 7.62. The number of hydrogen-bond acceptors (Lipinski definition) is 5. The summed E-state index contributed by atoms with van der Waals surface area (Å²) in [5.41, 5.74) is -0.598. The normalized spacial score (nSPS) is 21.0. The van der Waals surface area contributed by atoms with Gasteiger partial charge in [0, 0.05) is 6.42 Å². The molecule has 1 atom stereocenters. The number of carbonyl (C=O) groups excluding carboxylic acids is 2. The van der Waals surface area contributed by atoms with E-state index in [-0.39, 0.29) is 24.9 Å². The monoisotopic (exact) mass is 400 g/mol.